The third kappa shape index (κ3) is 1.92. The van der Waals surface area contributed by atoms with Crippen molar-refractivity contribution in [3.63, 3.8) is 0 Å². The van der Waals surface area contributed by atoms with Crippen LogP contribution in [0, 0.1) is 10.8 Å². The quantitative estimate of drug-likeness (QED) is 0.869. The molecule has 6 heteroatoms. The van der Waals surface area contributed by atoms with Crippen molar-refractivity contribution >= 4 is 21.7 Å². The molecule has 1 aliphatic heterocycles. The van der Waals surface area contributed by atoms with Crippen LogP contribution in [-0.4, -0.2) is 30.1 Å². The zero-order chi connectivity index (χ0) is 13.3. The summed E-state index contributed by atoms with van der Waals surface area (Å²) in [5.74, 6) is -0.263. The van der Waals surface area contributed by atoms with E-state index in [1.165, 1.54) is 0 Å². The molecule has 0 atom stereocenters. The second-order valence-electron chi connectivity index (χ2n) is 4.18. The van der Waals surface area contributed by atoms with Gasteiger partial charge in [-0.1, -0.05) is 37.6 Å². The number of nitrogens with one attached hydrogen (secondary N) is 2. The van der Waals surface area contributed by atoms with Gasteiger partial charge in [-0.25, -0.2) is 12.7 Å². The topological polar surface area (TPSA) is 85.1 Å². The van der Waals surface area contributed by atoms with Gasteiger partial charge in [0.25, 0.3) is 0 Å². The number of hydrogen-bond acceptors (Lipinski definition) is 4. The van der Waals surface area contributed by atoms with E-state index in [4.69, 9.17) is 10.8 Å². The fourth-order valence-electron chi connectivity index (χ4n) is 1.92. The van der Waals surface area contributed by atoms with E-state index in [0.29, 0.717) is 17.5 Å². The molecule has 2 rings (SSSR count). The molecule has 0 aliphatic carbocycles. The van der Waals surface area contributed by atoms with Gasteiger partial charge in [0.2, 0.25) is 10.0 Å². The van der Waals surface area contributed by atoms with Crippen molar-refractivity contribution in [3.8, 4) is 0 Å². The van der Waals surface area contributed by atoms with Gasteiger partial charge in [0.15, 0.2) is 0 Å². The fourth-order valence-corrected chi connectivity index (χ4v) is 3.51. The number of hydrogen-bond donors (Lipinski definition) is 2. The minimum Gasteiger partial charge on any atom is -0.283 e. The van der Waals surface area contributed by atoms with Gasteiger partial charge in [-0.15, -0.1) is 0 Å². The Kier molecular flexibility index (Phi) is 3.21. The first-order chi connectivity index (χ1) is 8.49. The highest BCUT2D eigenvalue weighted by Gasteiger charge is 2.37. The summed E-state index contributed by atoms with van der Waals surface area (Å²) in [6.07, 6.45) is 1.30. The first-order valence-corrected chi connectivity index (χ1v) is 7.40. The molecular formula is C12H15N3O2S. The van der Waals surface area contributed by atoms with E-state index < -0.39 is 10.0 Å². The lowest BCUT2D eigenvalue weighted by atomic mass is 10.1. The predicted molar refractivity (Wildman–Crippen MR) is 70.6 cm³/mol. The van der Waals surface area contributed by atoms with Crippen molar-refractivity contribution in [2.24, 2.45) is 0 Å². The maximum Gasteiger partial charge on any atom is 0.241 e. The smallest absolute Gasteiger partial charge is 0.241 e. The molecule has 0 radical (unpaired) electrons. The molecule has 0 fully saturated rings. The summed E-state index contributed by atoms with van der Waals surface area (Å²) in [7, 11) is -3.60. The zero-order valence-electron chi connectivity index (χ0n) is 10.1. The third-order valence-corrected chi connectivity index (χ3v) is 4.60. The van der Waals surface area contributed by atoms with Crippen LogP contribution in [0.5, 0.6) is 0 Å². The lowest BCUT2D eigenvalue weighted by Gasteiger charge is -2.17. The van der Waals surface area contributed by atoms with E-state index in [9.17, 15) is 8.42 Å². The molecule has 18 heavy (non-hydrogen) atoms. The second kappa shape index (κ2) is 4.53. The first-order valence-electron chi connectivity index (χ1n) is 5.79. The van der Waals surface area contributed by atoms with E-state index in [-0.39, 0.29) is 17.4 Å². The Bertz CT molecular complexity index is 573. The van der Waals surface area contributed by atoms with Gasteiger partial charge in [-0.05, 0) is 6.42 Å². The highest BCUT2D eigenvalue weighted by atomic mass is 32.2. The molecule has 1 heterocycles. The van der Waals surface area contributed by atoms with E-state index in [1.54, 1.807) is 24.3 Å². The molecule has 1 aliphatic rings. The van der Waals surface area contributed by atoms with Crippen LogP contribution in [-0.2, 0) is 10.0 Å². The molecule has 0 spiro atoms. The SMILES string of the molecule is CCCCS(=O)(=O)N1C(=N)c2ccccc2C1=N. The Hall–Kier alpha value is -1.69. The van der Waals surface area contributed by atoms with Gasteiger partial charge < -0.3 is 0 Å². The minimum atomic E-state index is -3.60. The molecular weight excluding hydrogens is 250 g/mol. The highest BCUT2D eigenvalue weighted by molar-refractivity contribution is 7.90. The zero-order valence-corrected chi connectivity index (χ0v) is 10.9. The van der Waals surface area contributed by atoms with Gasteiger partial charge in [-0.2, -0.15) is 0 Å². The number of fused-ring (bicyclic) bond motifs is 1. The van der Waals surface area contributed by atoms with Crippen molar-refractivity contribution in [3.05, 3.63) is 35.4 Å². The van der Waals surface area contributed by atoms with Gasteiger partial charge in [0.1, 0.15) is 11.7 Å². The lowest BCUT2D eigenvalue weighted by Crippen LogP contribution is -2.37. The average Bonchev–Trinajstić information content (AvgIpc) is 2.61. The highest BCUT2D eigenvalue weighted by Crippen LogP contribution is 2.25. The fraction of sp³-hybridized carbons (Fsp3) is 0.333. The molecule has 0 saturated heterocycles. The van der Waals surface area contributed by atoms with Crippen LogP contribution in [0.1, 0.15) is 30.9 Å². The largest absolute Gasteiger partial charge is 0.283 e. The van der Waals surface area contributed by atoms with Gasteiger partial charge in [0, 0.05) is 11.1 Å². The second-order valence-corrected chi connectivity index (χ2v) is 6.11. The number of sulfonamides is 1. The molecule has 0 unspecified atom stereocenters. The Morgan fingerprint density at radius 3 is 2.06 bits per heavy atom. The molecule has 0 saturated carbocycles. The normalized spacial score (nSPS) is 15.1. The summed E-state index contributed by atoms with van der Waals surface area (Å²) in [5.41, 5.74) is 1.00. The lowest BCUT2D eigenvalue weighted by molar-refractivity contribution is 0.567. The van der Waals surface area contributed by atoms with E-state index in [2.05, 4.69) is 0 Å². The van der Waals surface area contributed by atoms with Crippen molar-refractivity contribution in [1.29, 1.82) is 10.8 Å². The maximum atomic E-state index is 12.1. The van der Waals surface area contributed by atoms with Crippen LogP contribution in [0.4, 0.5) is 0 Å². The summed E-state index contributed by atoms with van der Waals surface area (Å²) in [4.78, 5) is 0. The monoisotopic (exact) mass is 265 g/mol. The number of amidine groups is 2. The van der Waals surface area contributed by atoms with Crippen LogP contribution >= 0.6 is 0 Å². The van der Waals surface area contributed by atoms with Crippen LogP contribution in [0.15, 0.2) is 24.3 Å². The molecule has 5 nitrogen and oxygen atoms in total. The average molecular weight is 265 g/mol. The van der Waals surface area contributed by atoms with Gasteiger partial charge in [0.05, 0.1) is 5.75 Å². The Morgan fingerprint density at radius 2 is 1.61 bits per heavy atom. The molecule has 0 amide bonds. The molecule has 1 aromatic rings. The number of nitrogens with zero attached hydrogens (tertiary/aromatic N) is 1. The van der Waals surface area contributed by atoms with E-state index in [0.717, 1.165) is 10.7 Å². The van der Waals surface area contributed by atoms with Crippen molar-refractivity contribution in [1.82, 2.24) is 4.31 Å². The van der Waals surface area contributed by atoms with Crippen LogP contribution in [0.25, 0.3) is 0 Å². The maximum absolute atomic E-state index is 12.1. The molecule has 0 bridgehead atoms. The molecule has 0 aromatic heterocycles. The summed E-state index contributed by atoms with van der Waals surface area (Å²) in [6.45, 7) is 1.91. The Balaban J connectivity index is 2.40. The summed E-state index contributed by atoms with van der Waals surface area (Å²) >= 11 is 0. The number of benzene rings is 1. The predicted octanol–water partition coefficient (Wildman–Crippen LogP) is 1.78. The van der Waals surface area contributed by atoms with Crippen molar-refractivity contribution in [2.45, 2.75) is 19.8 Å². The van der Waals surface area contributed by atoms with Crippen LogP contribution in [0.2, 0.25) is 0 Å². The van der Waals surface area contributed by atoms with Crippen molar-refractivity contribution in [2.75, 3.05) is 5.75 Å². The Morgan fingerprint density at radius 1 is 1.11 bits per heavy atom. The summed E-state index contributed by atoms with van der Waals surface area (Å²) in [6, 6.07) is 6.81. The minimum absolute atomic E-state index is 0.0255. The van der Waals surface area contributed by atoms with Crippen molar-refractivity contribution < 1.29 is 8.42 Å². The van der Waals surface area contributed by atoms with E-state index >= 15 is 0 Å². The van der Waals surface area contributed by atoms with Gasteiger partial charge >= 0.3 is 0 Å². The van der Waals surface area contributed by atoms with Gasteiger partial charge in [-0.3, -0.25) is 10.8 Å². The molecule has 96 valence electrons. The number of rotatable bonds is 4. The first kappa shape index (κ1) is 12.8. The summed E-state index contributed by atoms with van der Waals surface area (Å²) < 4.78 is 25.1. The third-order valence-electron chi connectivity index (χ3n) is 2.88. The van der Waals surface area contributed by atoms with E-state index in [1.807, 2.05) is 6.92 Å². The number of unbranched alkanes of at least 4 members (excludes halogenated alkanes) is 1. The summed E-state index contributed by atoms with van der Waals surface area (Å²) in [5, 5.41) is 15.8. The van der Waals surface area contributed by atoms with Crippen LogP contribution in [0.3, 0.4) is 0 Å². The Labute approximate surface area is 107 Å². The van der Waals surface area contributed by atoms with Crippen LogP contribution < -0.4 is 0 Å². The standard InChI is InChI=1S/C12H15N3O2S/c1-2-3-8-18(16,17)15-11(13)9-6-4-5-7-10(9)12(15)14/h4-7,13-14H,2-3,8H2,1H3. The molecule has 2 N–H and O–H groups in total. The molecule has 1 aromatic carbocycles.